The number of carboxylic acid groups (broad SMARTS) is 2. The summed E-state index contributed by atoms with van der Waals surface area (Å²) >= 11 is 0. The molecule has 3 heterocycles. The van der Waals surface area contributed by atoms with Crippen LogP contribution in [0.15, 0.2) is 207 Å². The number of carbonyl (C=O) groups is 2. The van der Waals surface area contributed by atoms with E-state index in [1.165, 1.54) is 0 Å². The summed E-state index contributed by atoms with van der Waals surface area (Å²) in [6.07, 6.45) is 3.69. The maximum absolute atomic E-state index is 12.9. The SMILES string of the molecule is CN(C)c1cc(CN[C@@H](Cc2cnc(C(c3ccccc3)(c3ccccc3)c3ccccc3)[nH]2)C(=O)O)nc(CN[C@@H](Cc2cnc(C(c3ccccc3)(c3ccccc3)c3ccccc3)[nH]2)C(=O)O)c1. The van der Waals surface area contributed by atoms with Crippen molar-refractivity contribution in [2.45, 2.75) is 48.8 Å². The van der Waals surface area contributed by atoms with Crippen LogP contribution in [0.25, 0.3) is 0 Å². The standard InChI is InChI=1S/C59H56N8O4/c1-67(2)51-33-47(37-60-52(54(68)69)35-49-39-62-56(65-49)58(41-21-9-3-10-22-41,42-23-11-4-12-24-42)43-25-13-5-14-26-43)64-48(34-51)38-61-53(55(70)71)36-50-40-63-57(66-50)59(44-27-15-6-16-28-44,45-29-17-7-18-30-45)46-31-19-8-20-32-46/h3-34,39-40,52-53,60-61H,35-38H2,1-2H3,(H,62,65)(H,63,66)(H,68,69)(H,70,71)/t52-,53-/m0/s1. The number of anilines is 1. The molecular formula is C59H56N8O4. The van der Waals surface area contributed by atoms with Gasteiger partial charge < -0.3 is 25.1 Å². The fraction of sp³-hybridized carbons (Fsp3) is 0.169. The number of rotatable bonds is 21. The van der Waals surface area contributed by atoms with Gasteiger partial charge in [0.15, 0.2) is 0 Å². The van der Waals surface area contributed by atoms with E-state index in [-0.39, 0.29) is 25.9 Å². The van der Waals surface area contributed by atoms with Gasteiger partial charge in [-0.25, -0.2) is 9.97 Å². The molecular weight excluding hydrogens is 885 g/mol. The first-order valence-electron chi connectivity index (χ1n) is 23.7. The fourth-order valence-electron chi connectivity index (χ4n) is 9.72. The Labute approximate surface area is 413 Å². The lowest BCUT2D eigenvalue weighted by molar-refractivity contribution is -0.140. The molecule has 12 nitrogen and oxygen atoms in total. The monoisotopic (exact) mass is 940 g/mol. The number of aromatic amines is 2. The van der Waals surface area contributed by atoms with Gasteiger partial charge in [-0.3, -0.25) is 25.2 Å². The average molecular weight is 941 g/mol. The van der Waals surface area contributed by atoms with Crippen LogP contribution in [-0.2, 0) is 46.4 Å². The molecule has 0 saturated carbocycles. The molecule has 0 fully saturated rings. The Bertz CT molecular complexity index is 2750. The predicted octanol–water partition coefficient (Wildman–Crippen LogP) is 8.93. The van der Waals surface area contributed by atoms with Crippen LogP contribution in [0.2, 0.25) is 0 Å². The Morgan fingerprint density at radius 3 is 1.03 bits per heavy atom. The van der Waals surface area contributed by atoms with Gasteiger partial charge in [0.25, 0.3) is 0 Å². The normalized spacial score (nSPS) is 12.5. The molecule has 6 N–H and O–H groups in total. The van der Waals surface area contributed by atoms with Gasteiger partial charge in [-0.15, -0.1) is 0 Å². The van der Waals surface area contributed by atoms with Crippen molar-refractivity contribution in [3.63, 3.8) is 0 Å². The van der Waals surface area contributed by atoms with Crippen LogP contribution in [0, 0.1) is 0 Å². The van der Waals surface area contributed by atoms with E-state index in [0.29, 0.717) is 34.4 Å². The van der Waals surface area contributed by atoms with Gasteiger partial charge in [0, 0.05) is 69.5 Å². The molecule has 0 aliphatic heterocycles. The number of aliphatic carboxylic acids is 2. The molecule has 9 rings (SSSR count). The zero-order valence-corrected chi connectivity index (χ0v) is 39.6. The lowest BCUT2D eigenvalue weighted by atomic mass is 9.69. The van der Waals surface area contributed by atoms with Gasteiger partial charge in [0.2, 0.25) is 0 Å². The highest BCUT2D eigenvalue weighted by Gasteiger charge is 2.42. The quantitative estimate of drug-likeness (QED) is 0.0382. The average Bonchev–Trinajstić information content (AvgIpc) is 4.09. The second-order valence-electron chi connectivity index (χ2n) is 17.9. The van der Waals surface area contributed by atoms with E-state index in [1.54, 1.807) is 12.4 Å². The zero-order chi connectivity index (χ0) is 49.2. The number of pyridine rings is 1. The fourth-order valence-corrected chi connectivity index (χ4v) is 9.72. The van der Waals surface area contributed by atoms with Crippen molar-refractivity contribution in [3.8, 4) is 0 Å². The Balaban J connectivity index is 0.936. The summed E-state index contributed by atoms with van der Waals surface area (Å²) in [5.74, 6) is -0.700. The van der Waals surface area contributed by atoms with E-state index < -0.39 is 34.9 Å². The molecule has 0 aliphatic rings. The number of imidazole rings is 2. The summed E-state index contributed by atoms with van der Waals surface area (Å²) in [5.41, 5.74) is 7.82. The minimum absolute atomic E-state index is 0.122. The van der Waals surface area contributed by atoms with Gasteiger partial charge in [-0.1, -0.05) is 182 Å². The van der Waals surface area contributed by atoms with Crippen LogP contribution in [0.5, 0.6) is 0 Å². The molecule has 0 amide bonds. The minimum Gasteiger partial charge on any atom is -0.480 e. The van der Waals surface area contributed by atoms with Crippen LogP contribution in [-0.4, -0.2) is 73.3 Å². The van der Waals surface area contributed by atoms with Crippen LogP contribution >= 0.6 is 0 Å². The first kappa shape index (κ1) is 47.6. The van der Waals surface area contributed by atoms with Crippen LogP contribution in [0.1, 0.15) is 67.8 Å². The van der Waals surface area contributed by atoms with E-state index in [4.69, 9.17) is 15.0 Å². The van der Waals surface area contributed by atoms with Crippen molar-refractivity contribution in [1.29, 1.82) is 0 Å². The summed E-state index contributed by atoms with van der Waals surface area (Å²) in [6.45, 7) is 0.278. The number of hydrogen-bond acceptors (Lipinski definition) is 8. The number of H-pyrrole nitrogens is 2. The van der Waals surface area contributed by atoms with Crippen LogP contribution in [0.3, 0.4) is 0 Å². The van der Waals surface area contributed by atoms with Crippen molar-refractivity contribution in [2.24, 2.45) is 0 Å². The van der Waals surface area contributed by atoms with Crippen molar-refractivity contribution in [1.82, 2.24) is 35.6 Å². The topological polar surface area (TPSA) is 172 Å². The molecule has 0 bridgehead atoms. The maximum Gasteiger partial charge on any atom is 0.321 e. The molecule has 12 heteroatoms. The smallest absolute Gasteiger partial charge is 0.321 e. The highest BCUT2D eigenvalue weighted by Crippen LogP contribution is 2.45. The summed E-state index contributed by atoms with van der Waals surface area (Å²) in [5, 5.41) is 27.6. The number of carboxylic acids is 2. The molecule has 0 saturated heterocycles. The van der Waals surface area contributed by atoms with Crippen molar-refractivity contribution in [3.05, 3.63) is 274 Å². The molecule has 6 aromatic carbocycles. The van der Waals surface area contributed by atoms with Crippen LogP contribution in [0.4, 0.5) is 5.69 Å². The Kier molecular flexibility index (Phi) is 14.4. The maximum atomic E-state index is 12.9. The van der Waals surface area contributed by atoms with E-state index >= 15 is 0 Å². The predicted molar refractivity (Wildman–Crippen MR) is 276 cm³/mol. The summed E-state index contributed by atoms with van der Waals surface area (Å²) in [6, 6.07) is 63.0. The molecule has 9 aromatic rings. The minimum atomic E-state index is -1.02. The molecule has 3 aromatic heterocycles. The Hall–Kier alpha value is -8.45. The van der Waals surface area contributed by atoms with Crippen molar-refractivity contribution < 1.29 is 19.8 Å². The number of aromatic nitrogens is 5. The van der Waals surface area contributed by atoms with Crippen LogP contribution < -0.4 is 15.5 Å². The Morgan fingerprint density at radius 1 is 0.493 bits per heavy atom. The number of nitrogens with one attached hydrogen (secondary N) is 4. The summed E-state index contributed by atoms with van der Waals surface area (Å²) in [4.78, 5) is 49.7. The first-order valence-corrected chi connectivity index (χ1v) is 23.7. The van der Waals surface area contributed by atoms with Crippen molar-refractivity contribution in [2.75, 3.05) is 19.0 Å². The van der Waals surface area contributed by atoms with E-state index in [2.05, 4.69) is 93.4 Å². The Morgan fingerprint density at radius 2 is 0.775 bits per heavy atom. The lowest BCUT2D eigenvalue weighted by Gasteiger charge is -2.34. The third-order valence-corrected chi connectivity index (χ3v) is 13.1. The summed E-state index contributed by atoms with van der Waals surface area (Å²) < 4.78 is 0. The molecule has 0 unspecified atom stereocenters. The molecule has 0 aliphatic carbocycles. The zero-order valence-electron chi connectivity index (χ0n) is 39.6. The van der Waals surface area contributed by atoms with E-state index in [1.807, 2.05) is 140 Å². The molecule has 71 heavy (non-hydrogen) atoms. The largest absolute Gasteiger partial charge is 0.480 e. The molecule has 0 spiro atoms. The lowest BCUT2D eigenvalue weighted by Crippen LogP contribution is -2.39. The van der Waals surface area contributed by atoms with Gasteiger partial charge in [0.05, 0.1) is 11.4 Å². The van der Waals surface area contributed by atoms with Crippen molar-refractivity contribution >= 4 is 17.6 Å². The van der Waals surface area contributed by atoms with E-state index in [9.17, 15) is 19.8 Å². The number of hydrogen-bond donors (Lipinski definition) is 6. The highest BCUT2D eigenvalue weighted by atomic mass is 16.4. The van der Waals surface area contributed by atoms with E-state index in [0.717, 1.165) is 39.1 Å². The van der Waals surface area contributed by atoms with Gasteiger partial charge in [-0.2, -0.15) is 0 Å². The molecule has 2 atom stereocenters. The second-order valence-corrected chi connectivity index (χ2v) is 17.9. The molecule has 0 radical (unpaired) electrons. The summed E-state index contributed by atoms with van der Waals surface area (Å²) in [7, 11) is 3.83. The number of nitrogens with zero attached hydrogens (tertiary/aromatic N) is 4. The van der Waals surface area contributed by atoms with Gasteiger partial charge >= 0.3 is 11.9 Å². The third-order valence-electron chi connectivity index (χ3n) is 13.1. The third kappa shape index (κ3) is 10.0. The molecule has 356 valence electrons. The first-order chi connectivity index (χ1) is 34.7. The van der Waals surface area contributed by atoms with Gasteiger partial charge in [0.1, 0.15) is 34.6 Å². The highest BCUT2D eigenvalue weighted by molar-refractivity contribution is 5.74. The number of benzene rings is 6. The van der Waals surface area contributed by atoms with Gasteiger partial charge in [-0.05, 0) is 45.5 Å². The second kappa shape index (κ2) is 21.5.